The maximum absolute atomic E-state index is 13.2. The summed E-state index contributed by atoms with van der Waals surface area (Å²) in [7, 11) is 0. The van der Waals surface area contributed by atoms with Gasteiger partial charge >= 0.3 is 0 Å². The van der Waals surface area contributed by atoms with Crippen molar-refractivity contribution < 1.29 is 13.7 Å². The van der Waals surface area contributed by atoms with E-state index in [-0.39, 0.29) is 11.9 Å². The normalized spacial score (nSPS) is 30.9. The maximum atomic E-state index is 13.2. The first-order valence-corrected chi connectivity index (χ1v) is 7.86. The largest absolute Gasteiger partial charge is 0.380 e. The predicted octanol–water partition coefficient (Wildman–Crippen LogP) is 1.84. The van der Waals surface area contributed by atoms with Gasteiger partial charge in [-0.25, -0.2) is 9.82 Å². The second-order valence-electron chi connectivity index (χ2n) is 6.33. The number of nitrogens with zero attached hydrogens (tertiary/aromatic N) is 2. The van der Waals surface area contributed by atoms with Gasteiger partial charge < -0.3 is 9.26 Å². The number of benzene rings is 1. The molecule has 0 amide bonds. The summed E-state index contributed by atoms with van der Waals surface area (Å²) in [6.07, 6.45) is 1.64. The smallest absolute Gasteiger partial charge is 0.245 e. The lowest BCUT2D eigenvalue weighted by molar-refractivity contribution is 0.182. The maximum Gasteiger partial charge on any atom is 0.245 e. The van der Waals surface area contributed by atoms with E-state index in [1.165, 1.54) is 12.1 Å². The molecule has 7 heteroatoms. The summed E-state index contributed by atoms with van der Waals surface area (Å²) in [4.78, 5) is 4.63. The van der Waals surface area contributed by atoms with Gasteiger partial charge in [0.1, 0.15) is 11.9 Å². The van der Waals surface area contributed by atoms with Crippen molar-refractivity contribution in [3.05, 3.63) is 47.4 Å². The molecule has 2 N–H and O–H groups in total. The van der Waals surface area contributed by atoms with E-state index >= 15 is 0 Å². The number of halogens is 1. The first kappa shape index (κ1) is 14.7. The van der Waals surface area contributed by atoms with Gasteiger partial charge in [-0.1, -0.05) is 17.3 Å². The molecule has 0 radical (unpaired) electrons. The lowest BCUT2D eigenvalue weighted by Gasteiger charge is -2.23. The molecule has 0 aliphatic carbocycles. The Hall–Kier alpha value is -1.83. The average molecular weight is 318 g/mol. The Bertz CT molecular complexity index is 682. The van der Waals surface area contributed by atoms with E-state index in [4.69, 9.17) is 9.26 Å². The summed E-state index contributed by atoms with van der Waals surface area (Å²) < 4.78 is 24.3. The molecular weight excluding hydrogens is 299 g/mol. The van der Waals surface area contributed by atoms with Crippen molar-refractivity contribution in [3.63, 3.8) is 0 Å². The van der Waals surface area contributed by atoms with Gasteiger partial charge in [-0.05, 0) is 37.5 Å². The third-order valence-electron chi connectivity index (χ3n) is 4.68. The monoisotopic (exact) mass is 318 g/mol. The molecule has 4 rings (SSSR count). The van der Waals surface area contributed by atoms with Crippen LogP contribution in [-0.2, 0) is 10.2 Å². The highest BCUT2D eigenvalue weighted by Gasteiger charge is 2.43. The molecule has 2 aliphatic rings. The van der Waals surface area contributed by atoms with Crippen LogP contribution in [0.5, 0.6) is 0 Å². The molecule has 0 saturated carbocycles. The van der Waals surface area contributed by atoms with Crippen LogP contribution in [0.1, 0.15) is 43.1 Å². The molecule has 2 aromatic rings. The van der Waals surface area contributed by atoms with E-state index in [0.717, 1.165) is 18.4 Å². The number of nitrogens with one attached hydrogen (secondary N) is 2. The van der Waals surface area contributed by atoms with Crippen molar-refractivity contribution in [1.82, 2.24) is 21.0 Å². The third kappa shape index (κ3) is 2.54. The molecule has 2 saturated heterocycles. The van der Waals surface area contributed by atoms with Crippen LogP contribution in [0.2, 0.25) is 0 Å². The Morgan fingerprint density at radius 2 is 2.09 bits per heavy atom. The Morgan fingerprint density at radius 3 is 2.74 bits per heavy atom. The van der Waals surface area contributed by atoms with Crippen LogP contribution in [0.25, 0.3) is 0 Å². The van der Waals surface area contributed by atoms with Crippen LogP contribution in [0.15, 0.2) is 28.8 Å². The van der Waals surface area contributed by atoms with Crippen molar-refractivity contribution >= 4 is 0 Å². The van der Waals surface area contributed by atoms with Crippen molar-refractivity contribution in [1.29, 1.82) is 0 Å². The second kappa shape index (κ2) is 5.67. The Balaban J connectivity index is 1.68. The molecule has 6 nitrogen and oxygen atoms in total. The second-order valence-corrected chi connectivity index (χ2v) is 6.33. The minimum Gasteiger partial charge on any atom is -0.380 e. The Morgan fingerprint density at radius 1 is 1.26 bits per heavy atom. The van der Waals surface area contributed by atoms with Gasteiger partial charge in [0, 0.05) is 12.6 Å². The number of hydrogen-bond donors (Lipinski definition) is 2. The van der Waals surface area contributed by atoms with Crippen molar-refractivity contribution in [2.24, 2.45) is 0 Å². The zero-order valence-corrected chi connectivity index (χ0v) is 12.9. The average Bonchev–Trinajstić information content (AvgIpc) is 3.27. The lowest BCUT2D eigenvalue weighted by Crippen LogP contribution is -2.30. The predicted molar refractivity (Wildman–Crippen MR) is 80.0 cm³/mol. The van der Waals surface area contributed by atoms with E-state index < -0.39 is 5.41 Å². The highest BCUT2D eigenvalue weighted by molar-refractivity contribution is 5.34. The molecular formula is C16H19FN4O2. The molecule has 1 aromatic heterocycles. The van der Waals surface area contributed by atoms with Crippen LogP contribution in [0.3, 0.4) is 0 Å². The molecule has 2 fully saturated rings. The standard InChI is InChI=1S/C16H19FN4O2/c1-10-8-13(20-19-10)14-18-15(21-23-14)16(6-7-22-9-16)11-2-4-12(17)5-3-11/h2-5,10,13,19-20H,6-9H2,1H3. The van der Waals surface area contributed by atoms with Crippen molar-refractivity contribution in [2.75, 3.05) is 13.2 Å². The summed E-state index contributed by atoms with van der Waals surface area (Å²) >= 11 is 0. The molecule has 122 valence electrons. The van der Waals surface area contributed by atoms with Gasteiger partial charge in [-0.3, -0.25) is 5.43 Å². The van der Waals surface area contributed by atoms with E-state index in [0.29, 0.717) is 31.0 Å². The fourth-order valence-electron chi connectivity index (χ4n) is 3.31. The lowest BCUT2D eigenvalue weighted by atomic mass is 9.79. The van der Waals surface area contributed by atoms with E-state index in [1.54, 1.807) is 12.1 Å². The first-order chi connectivity index (χ1) is 11.2. The van der Waals surface area contributed by atoms with Crippen LogP contribution in [-0.4, -0.2) is 29.4 Å². The fraction of sp³-hybridized carbons (Fsp3) is 0.500. The summed E-state index contributed by atoms with van der Waals surface area (Å²) in [5, 5.41) is 4.21. The third-order valence-corrected chi connectivity index (χ3v) is 4.68. The van der Waals surface area contributed by atoms with Gasteiger partial charge in [0.25, 0.3) is 0 Å². The highest BCUT2D eigenvalue weighted by Crippen LogP contribution is 2.39. The number of ether oxygens (including phenoxy) is 1. The number of aromatic nitrogens is 2. The molecule has 3 unspecified atom stereocenters. The quantitative estimate of drug-likeness (QED) is 0.900. The molecule has 0 bridgehead atoms. The van der Waals surface area contributed by atoms with Gasteiger partial charge in [-0.15, -0.1) is 0 Å². The molecule has 23 heavy (non-hydrogen) atoms. The van der Waals surface area contributed by atoms with E-state index in [1.807, 2.05) is 0 Å². The fourth-order valence-corrected chi connectivity index (χ4v) is 3.31. The molecule has 0 spiro atoms. The molecule has 1 aromatic carbocycles. The van der Waals surface area contributed by atoms with Crippen molar-refractivity contribution in [3.8, 4) is 0 Å². The minimum atomic E-state index is -0.465. The summed E-state index contributed by atoms with van der Waals surface area (Å²) in [5.74, 6) is 0.926. The minimum absolute atomic E-state index is 0.0128. The number of rotatable bonds is 3. The first-order valence-electron chi connectivity index (χ1n) is 7.86. The summed E-state index contributed by atoms with van der Waals surface area (Å²) in [5.41, 5.74) is 6.80. The van der Waals surface area contributed by atoms with Gasteiger partial charge in [-0.2, -0.15) is 4.98 Å². The van der Waals surface area contributed by atoms with Crippen LogP contribution >= 0.6 is 0 Å². The SMILES string of the molecule is CC1CC(c2nc(C3(c4ccc(F)cc4)CCOC3)no2)NN1. The van der Waals surface area contributed by atoms with Gasteiger partial charge in [0.2, 0.25) is 5.89 Å². The Labute approximate surface area is 133 Å². The zero-order chi connectivity index (χ0) is 15.9. The van der Waals surface area contributed by atoms with Gasteiger partial charge in [0.15, 0.2) is 5.82 Å². The highest BCUT2D eigenvalue weighted by atomic mass is 19.1. The number of hydrogen-bond acceptors (Lipinski definition) is 6. The number of hydrazine groups is 1. The molecule has 3 heterocycles. The molecule has 2 aliphatic heterocycles. The van der Waals surface area contributed by atoms with Crippen LogP contribution in [0, 0.1) is 5.82 Å². The van der Waals surface area contributed by atoms with Crippen LogP contribution in [0.4, 0.5) is 4.39 Å². The zero-order valence-electron chi connectivity index (χ0n) is 12.9. The van der Waals surface area contributed by atoms with Gasteiger partial charge in [0.05, 0.1) is 12.0 Å². The molecule has 3 atom stereocenters. The Kier molecular flexibility index (Phi) is 3.63. The van der Waals surface area contributed by atoms with E-state index in [2.05, 4.69) is 27.9 Å². The van der Waals surface area contributed by atoms with Crippen molar-refractivity contribution in [2.45, 2.75) is 37.3 Å². The summed E-state index contributed by atoms with van der Waals surface area (Å²) in [6, 6.07) is 6.84. The van der Waals surface area contributed by atoms with Crippen LogP contribution < -0.4 is 10.9 Å². The topological polar surface area (TPSA) is 72.2 Å². The van der Waals surface area contributed by atoms with E-state index in [9.17, 15) is 4.39 Å². The summed E-state index contributed by atoms with van der Waals surface area (Å²) in [6.45, 7) is 3.20.